The van der Waals surface area contributed by atoms with Gasteiger partial charge in [0.05, 0.1) is 11.4 Å². The molecule has 2 heterocycles. The number of carbonyl (C=O) groups is 3. The van der Waals surface area contributed by atoms with E-state index >= 15 is 0 Å². The zero-order valence-electron chi connectivity index (χ0n) is 34.6. The van der Waals surface area contributed by atoms with Gasteiger partial charge in [-0.25, -0.2) is 27.4 Å². The molecule has 2 unspecified atom stereocenters. The largest absolute Gasteiger partial charge is 0.433 e. The summed E-state index contributed by atoms with van der Waals surface area (Å²) < 4.78 is 36.4. The second kappa shape index (κ2) is 18.7. The van der Waals surface area contributed by atoms with Crippen molar-refractivity contribution < 1.29 is 27.5 Å². The second-order valence-electron chi connectivity index (χ2n) is 17.3. The molecule has 2 aliphatic heterocycles. The van der Waals surface area contributed by atoms with Crippen molar-refractivity contribution in [2.75, 3.05) is 5.32 Å². The van der Waals surface area contributed by atoms with E-state index in [1.807, 2.05) is 18.2 Å². The molecule has 0 bridgehead atoms. The number of nitrogens with one attached hydrogen (secondary N) is 1. The molecule has 0 spiro atoms. The number of amidine groups is 1. The molecule has 304 valence electrons. The zero-order chi connectivity index (χ0) is 40.6. The number of para-hydroxylation sites is 2. The van der Waals surface area contributed by atoms with Crippen molar-refractivity contribution in [2.24, 2.45) is 10.4 Å². The molecule has 1 N–H and O–H groups in total. The highest BCUT2D eigenvalue weighted by Gasteiger charge is 2.56. The number of cyclic esters (lactones) is 1. The molecule has 2 atom stereocenters. The van der Waals surface area contributed by atoms with Gasteiger partial charge in [-0.15, -0.1) is 11.8 Å². The fourth-order valence-electron chi connectivity index (χ4n) is 7.81. The predicted octanol–water partition coefficient (Wildman–Crippen LogP) is 10.9. The molecule has 10 nitrogen and oxygen atoms in total. The lowest BCUT2D eigenvalue weighted by Crippen LogP contribution is -2.60. The number of nitrogens with zero attached hydrogens (tertiary/aromatic N) is 3. The van der Waals surface area contributed by atoms with Crippen LogP contribution in [0.1, 0.15) is 146 Å². The van der Waals surface area contributed by atoms with Crippen LogP contribution in [-0.4, -0.2) is 63.8 Å². The number of ether oxygens (including phenoxy) is 1. The normalized spacial score (nSPS) is 17.7. The van der Waals surface area contributed by atoms with E-state index in [1.165, 1.54) is 24.2 Å². The number of thioether (sulfide) groups is 1. The van der Waals surface area contributed by atoms with E-state index in [-0.39, 0.29) is 26.6 Å². The molecule has 3 amide bonds. The number of anilines is 1. The van der Waals surface area contributed by atoms with Crippen LogP contribution in [0.3, 0.4) is 0 Å². The van der Waals surface area contributed by atoms with Crippen molar-refractivity contribution in [2.45, 2.75) is 178 Å². The van der Waals surface area contributed by atoms with Gasteiger partial charge in [0.15, 0.2) is 17.5 Å². The molecule has 1 fully saturated rings. The number of amides is 3. The van der Waals surface area contributed by atoms with Crippen LogP contribution in [0, 0.1) is 5.41 Å². The number of aliphatic imine (C=N–C) groups is 1. The van der Waals surface area contributed by atoms with Crippen molar-refractivity contribution in [1.29, 1.82) is 0 Å². The summed E-state index contributed by atoms with van der Waals surface area (Å²) in [5, 5.41) is 3.02. The molecular formula is C43H64N4O6S2. The number of rotatable bonds is 20. The highest BCUT2D eigenvalue weighted by atomic mass is 32.2. The third kappa shape index (κ3) is 11.4. The molecule has 4 rings (SSSR count). The van der Waals surface area contributed by atoms with E-state index in [1.54, 1.807) is 36.0 Å². The highest BCUT2D eigenvalue weighted by Crippen LogP contribution is 2.44. The van der Waals surface area contributed by atoms with Crippen molar-refractivity contribution >= 4 is 56.9 Å². The monoisotopic (exact) mass is 796 g/mol. The van der Waals surface area contributed by atoms with Gasteiger partial charge in [-0.2, -0.15) is 0 Å². The molecule has 0 radical (unpaired) electrons. The van der Waals surface area contributed by atoms with Gasteiger partial charge in [0, 0.05) is 15.7 Å². The zero-order valence-corrected chi connectivity index (χ0v) is 36.2. The number of fused-ring (bicyclic) bond motifs is 1. The summed E-state index contributed by atoms with van der Waals surface area (Å²) in [7, 11) is -4.29. The average molecular weight is 797 g/mol. The Bertz CT molecular complexity index is 1800. The maximum atomic E-state index is 15.0. The first-order valence-electron chi connectivity index (χ1n) is 20.2. The second-order valence-corrected chi connectivity index (χ2v) is 20.9. The molecule has 0 aliphatic carbocycles. The first kappa shape index (κ1) is 44.3. The van der Waals surface area contributed by atoms with Gasteiger partial charge in [0.1, 0.15) is 4.90 Å². The fraction of sp³-hybridized carbons (Fsp3) is 0.628. The molecule has 0 saturated carbocycles. The third-order valence-corrected chi connectivity index (χ3v) is 13.2. The predicted molar refractivity (Wildman–Crippen MR) is 223 cm³/mol. The van der Waals surface area contributed by atoms with Crippen LogP contribution in [0.4, 0.5) is 16.2 Å². The van der Waals surface area contributed by atoms with Crippen LogP contribution in [0.15, 0.2) is 63.3 Å². The maximum absolute atomic E-state index is 15.0. The van der Waals surface area contributed by atoms with Gasteiger partial charge in [-0.3, -0.25) is 9.59 Å². The maximum Gasteiger partial charge on any atom is 0.418 e. The smallest absolute Gasteiger partial charge is 0.418 e. The lowest BCUT2D eigenvalue weighted by molar-refractivity contribution is -0.137. The van der Waals surface area contributed by atoms with Gasteiger partial charge in [0.2, 0.25) is 0 Å². The van der Waals surface area contributed by atoms with E-state index in [0.29, 0.717) is 18.5 Å². The van der Waals surface area contributed by atoms with Gasteiger partial charge < -0.3 is 10.1 Å². The number of hydrogen-bond acceptors (Lipinski definition) is 8. The molecule has 0 aromatic heterocycles. The van der Waals surface area contributed by atoms with E-state index in [0.717, 1.165) is 80.4 Å². The number of hydrogen-bond donors (Lipinski definition) is 1. The summed E-state index contributed by atoms with van der Waals surface area (Å²) >= 11 is 1.62. The Hall–Kier alpha value is -3.38. The summed E-state index contributed by atoms with van der Waals surface area (Å²) in [6.07, 6.45) is 10.8. The number of carbonyl (C=O) groups excluding carboxylic acids is 3. The minimum atomic E-state index is -4.29. The highest BCUT2D eigenvalue weighted by molar-refractivity contribution is 8.00. The number of imide groups is 1. The van der Waals surface area contributed by atoms with Crippen LogP contribution in [0.2, 0.25) is 0 Å². The first-order chi connectivity index (χ1) is 25.8. The number of sulfonamides is 1. The minimum absolute atomic E-state index is 0.0258. The van der Waals surface area contributed by atoms with Gasteiger partial charge in [-0.05, 0) is 62.8 Å². The first-order valence-corrected chi connectivity index (χ1v) is 22.5. The molecule has 55 heavy (non-hydrogen) atoms. The Balaban J connectivity index is 1.86. The lowest BCUT2D eigenvalue weighted by Gasteiger charge is -2.40. The SMILES string of the molecule is CCCCCCCCC(CCCCCC)N1C(C(C(=O)Nc2ccccc2SC(C)(C)CC(C)(C)C)N2C(=O)OC(C)(C)C2=O)=Nc2ccccc2S1(=O)=O. The van der Waals surface area contributed by atoms with Crippen LogP contribution in [0.25, 0.3) is 0 Å². The summed E-state index contributed by atoms with van der Waals surface area (Å²) in [6.45, 7) is 18.1. The van der Waals surface area contributed by atoms with Crippen LogP contribution in [0.5, 0.6) is 0 Å². The van der Waals surface area contributed by atoms with Crippen LogP contribution < -0.4 is 5.32 Å². The molecular weight excluding hydrogens is 733 g/mol. The quantitative estimate of drug-likeness (QED) is 0.104. The Kier molecular flexibility index (Phi) is 15.1. The molecule has 2 aromatic carbocycles. The Morgan fingerprint density at radius 1 is 0.855 bits per heavy atom. The standard InChI is InChI=1S/C43H64N4O6S2/c1-10-12-14-16-17-19-25-31(24-18-15-13-11-2)47-37(44-33-27-21-23-29-35(33)55(47,51)52)36(46-39(49)43(8,9)53-40(46)50)38(48)45-32-26-20-22-28-34(32)54-42(6,7)30-41(3,4)5/h20-23,26-29,31,36H,10-19,24-25,30H2,1-9H3,(H,45,48). The van der Waals surface area contributed by atoms with Crippen molar-refractivity contribution in [3.8, 4) is 0 Å². The Labute approximate surface area is 334 Å². The van der Waals surface area contributed by atoms with Crippen LogP contribution >= 0.6 is 11.8 Å². The molecule has 2 aromatic rings. The van der Waals surface area contributed by atoms with Crippen molar-refractivity contribution in [1.82, 2.24) is 9.21 Å². The average Bonchev–Trinajstić information content (AvgIpc) is 3.28. The van der Waals surface area contributed by atoms with E-state index in [9.17, 15) is 22.8 Å². The van der Waals surface area contributed by atoms with Gasteiger partial charge in [0.25, 0.3) is 21.8 Å². The lowest BCUT2D eigenvalue weighted by atomic mass is 9.86. The molecule has 1 saturated heterocycles. The van der Waals surface area contributed by atoms with Gasteiger partial charge in [-0.1, -0.05) is 137 Å². The van der Waals surface area contributed by atoms with Crippen molar-refractivity contribution in [3.05, 3.63) is 48.5 Å². The van der Waals surface area contributed by atoms with Crippen molar-refractivity contribution in [3.63, 3.8) is 0 Å². The molecule has 12 heteroatoms. The Morgan fingerprint density at radius 2 is 1.42 bits per heavy atom. The molecule has 2 aliphatic rings. The Morgan fingerprint density at radius 3 is 2.02 bits per heavy atom. The summed E-state index contributed by atoms with van der Waals surface area (Å²) in [5.41, 5.74) is -0.890. The summed E-state index contributed by atoms with van der Waals surface area (Å²) in [6, 6.07) is 11.6. The fourth-order valence-corrected chi connectivity index (χ4v) is 11.1. The number of benzene rings is 2. The minimum Gasteiger partial charge on any atom is -0.433 e. The summed E-state index contributed by atoms with van der Waals surface area (Å²) in [5.74, 6) is -1.68. The van der Waals surface area contributed by atoms with E-state index in [2.05, 4.69) is 53.8 Å². The topological polar surface area (TPSA) is 125 Å². The summed E-state index contributed by atoms with van der Waals surface area (Å²) in [4.78, 5) is 49.3. The number of unbranched alkanes of at least 4 members (excludes halogenated alkanes) is 8. The van der Waals surface area contributed by atoms with Gasteiger partial charge >= 0.3 is 6.09 Å². The van der Waals surface area contributed by atoms with E-state index < -0.39 is 45.6 Å². The van der Waals surface area contributed by atoms with E-state index in [4.69, 9.17) is 9.73 Å². The third-order valence-electron chi connectivity index (χ3n) is 9.99. The van der Waals surface area contributed by atoms with Crippen LogP contribution in [-0.2, 0) is 24.3 Å².